The van der Waals surface area contributed by atoms with Crippen LogP contribution in [0.5, 0.6) is 0 Å². The lowest BCUT2D eigenvalue weighted by Crippen LogP contribution is -2.43. The molecule has 1 atom stereocenters. The molecule has 1 aliphatic rings. The fourth-order valence-corrected chi connectivity index (χ4v) is 4.65. The van der Waals surface area contributed by atoms with Crippen LogP contribution >= 0.6 is 27.3 Å². The van der Waals surface area contributed by atoms with Crippen LogP contribution < -0.4 is 4.72 Å². The summed E-state index contributed by atoms with van der Waals surface area (Å²) in [6.07, 6.45) is 0.448. The Bertz CT molecular complexity index is 493. The van der Waals surface area contributed by atoms with E-state index < -0.39 is 15.6 Å². The number of hydrogen-bond acceptors (Lipinski definition) is 5. The zero-order valence-electron chi connectivity index (χ0n) is 8.85. The maximum absolute atomic E-state index is 11.9. The summed E-state index contributed by atoms with van der Waals surface area (Å²) in [5.74, 6) is 0. The Labute approximate surface area is 112 Å². The van der Waals surface area contributed by atoms with Crippen molar-refractivity contribution in [1.29, 1.82) is 0 Å². The van der Waals surface area contributed by atoms with Gasteiger partial charge in [0, 0.05) is 19.6 Å². The van der Waals surface area contributed by atoms with Gasteiger partial charge < -0.3 is 9.84 Å². The molecule has 17 heavy (non-hydrogen) atoms. The first-order valence-electron chi connectivity index (χ1n) is 4.96. The number of thiophene rings is 1. The topological polar surface area (TPSA) is 75.6 Å². The van der Waals surface area contributed by atoms with Crippen molar-refractivity contribution in [3.05, 3.63) is 15.9 Å². The van der Waals surface area contributed by atoms with Gasteiger partial charge in [-0.1, -0.05) is 0 Å². The molecule has 0 aromatic carbocycles. The zero-order valence-corrected chi connectivity index (χ0v) is 12.1. The van der Waals surface area contributed by atoms with Crippen LogP contribution in [0.4, 0.5) is 0 Å². The molecule has 1 aliphatic heterocycles. The molecule has 1 unspecified atom stereocenters. The molecule has 0 radical (unpaired) electrons. The number of halogens is 1. The monoisotopic (exact) mass is 341 g/mol. The van der Waals surface area contributed by atoms with E-state index in [1.807, 2.05) is 0 Å². The van der Waals surface area contributed by atoms with E-state index in [0.29, 0.717) is 13.0 Å². The quantitative estimate of drug-likeness (QED) is 0.854. The molecule has 0 bridgehead atoms. The summed E-state index contributed by atoms with van der Waals surface area (Å²) < 4.78 is 32.2. The normalized spacial score (nSPS) is 25.3. The van der Waals surface area contributed by atoms with Gasteiger partial charge in [-0.05, 0) is 28.1 Å². The minimum atomic E-state index is -3.54. The largest absolute Gasteiger partial charge is 0.386 e. The molecule has 1 aromatic rings. The van der Waals surface area contributed by atoms with E-state index in [4.69, 9.17) is 4.74 Å². The summed E-state index contributed by atoms with van der Waals surface area (Å²) in [4.78, 5) is 0. The predicted molar refractivity (Wildman–Crippen MR) is 67.6 cm³/mol. The van der Waals surface area contributed by atoms with Gasteiger partial charge in [-0.15, -0.1) is 11.3 Å². The Morgan fingerprint density at radius 3 is 2.88 bits per heavy atom. The van der Waals surface area contributed by atoms with Crippen LogP contribution in [0.1, 0.15) is 6.42 Å². The highest BCUT2D eigenvalue weighted by Gasteiger charge is 2.33. The summed E-state index contributed by atoms with van der Waals surface area (Å²) >= 11 is 4.34. The van der Waals surface area contributed by atoms with Crippen LogP contribution in [-0.4, -0.2) is 38.9 Å². The van der Waals surface area contributed by atoms with E-state index in [1.54, 1.807) is 6.07 Å². The highest BCUT2D eigenvalue weighted by molar-refractivity contribution is 9.11. The average molecular weight is 342 g/mol. The van der Waals surface area contributed by atoms with Crippen LogP contribution in [0.2, 0.25) is 0 Å². The van der Waals surface area contributed by atoms with Crippen molar-refractivity contribution in [3.63, 3.8) is 0 Å². The Morgan fingerprint density at radius 1 is 1.59 bits per heavy atom. The lowest BCUT2D eigenvalue weighted by molar-refractivity contribution is 0.0315. The molecule has 2 rings (SSSR count). The van der Waals surface area contributed by atoms with Crippen molar-refractivity contribution in [2.45, 2.75) is 16.2 Å². The second-order valence-electron chi connectivity index (χ2n) is 3.91. The van der Waals surface area contributed by atoms with E-state index in [9.17, 15) is 13.5 Å². The Balaban J connectivity index is 2.03. The lowest BCUT2D eigenvalue weighted by Gasteiger charge is -2.20. The van der Waals surface area contributed by atoms with Gasteiger partial charge in [0.2, 0.25) is 10.0 Å². The molecule has 1 saturated heterocycles. The minimum absolute atomic E-state index is 0.0230. The first-order chi connectivity index (χ1) is 7.91. The molecular formula is C9H12BrNO4S2. The second-order valence-corrected chi connectivity index (χ2v) is 8.37. The van der Waals surface area contributed by atoms with E-state index in [0.717, 1.165) is 15.1 Å². The summed E-state index contributed by atoms with van der Waals surface area (Å²) in [5.41, 5.74) is -1.08. The van der Waals surface area contributed by atoms with Gasteiger partial charge in [-0.25, -0.2) is 13.1 Å². The van der Waals surface area contributed by atoms with E-state index in [2.05, 4.69) is 20.7 Å². The third-order valence-corrected chi connectivity index (χ3v) is 6.00. The Kier molecular flexibility index (Phi) is 3.91. The highest BCUT2D eigenvalue weighted by atomic mass is 79.9. The standard InChI is InChI=1S/C9H12BrNO4S2/c10-7-1-2-8(16-7)17(13,14)11-5-9(12)3-4-15-6-9/h1-2,11-12H,3-6H2. The molecule has 2 heterocycles. The lowest BCUT2D eigenvalue weighted by atomic mass is 10.1. The van der Waals surface area contributed by atoms with Crippen molar-refractivity contribution >= 4 is 37.3 Å². The number of sulfonamides is 1. The fraction of sp³-hybridized carbons (Fsp3) is 0.556. The van der Waals surface area contributed by atoms with Crippen molar-refractivity contribution in [2.75, 3.05) is 19.8 Å². The number of rotatable bonds is 4. The van der Waals surface area contributed by atoms with Gasteiger partial charge >= 0.3 is 0 Å². The molecule has 0 amide bonds. The number of nitrogens with one attached hydrogen (secondary N) is 1. The molecular weight excluding hydrogens is 330 g/mol. The summed E-state index contributed by atoms with van der Waals surface area (Å²) in [6, 6.07) is 3.19. The van der Waals surface area contributed by atoms with Crippen molar-refractivity contribution < 1.29 is 18.3 Å². The summed E-state index contributed by atoms with van der Waals surface area (Å²) in [5, 5.41) is 9.95. The molecule has 0 spiro atoms. The van der Waals surface area contributed by atoms with Crippen LogP contribution in [0.25, 0.3) is 0 Å². The van der Waals surface area contributed by atoms with Crippen LogP contribution in [0, 0.1) is 0 Å². The molecule has 0 saturated carbocycles. The molecule has 8 heteroatoms. The van der Waals surface area contributed by atoms with Crippen LogP contribution in [0.3, 0.4) is 0 Å². The summed E-state index contributed by atoms with van der Waals surface area (Å²) in [6.45, 7) is 0.608. The molecule has 1 fully saturated rings. The van der Waals surface area contributed by atoms with Crippen molar-refractivity contribution in [3.8, 4) is 0 Å². The Hall–Kier alpha value is 0.01000. The first kappa shape index (κ1) is 13.4. The van der Waals surface area contributed by atoms with Gasteiger partial charge in [0.25, 0.3) is 0 Å². The number of aliphatic hydroxyl groups is 1. The van der Waals surface area contributed by atoms with E-state index in [-0.39, 0.29) is 17.4 Å². The molecule has 96 valence electrons. The van der Waals surface area contributed by atoms with Crippen molar-refractivity contribution in [1.82, 2.24) is 4.72 Å². The maximum Gasteiger partial charge on any atom is 0.250 e. The second kappa shape index (κ2) is 4.94. The minimum Gasteiger partial charge on any atom is -0.386 e. The summed E-state index contributed by atoms with van der Waals surface area (Å²) in [7, 11) is -3.54. The highest BCUT2D eigenvalue weighted by Crippen LogP contribution is 2.26. The van der Waals surface area contributed by atoms with Gasteiger partial charge in [0.05, 0.1) is 10.4 Å². The zero-order chi connectivity index (χ0) is 12.5. The Morgan fingerprint density at radius 2 is 2.35 bits per heavy atom. The van der Waals surface area contributed by atoms with Gasteiger partial charge in [0.1, 0.15) is 9.81 Å². The van der Waals surface area contributed by atoms with Gasteiger partial charge in [-0.2, -0.15) is 0 Å². The van der Waals surface area contributed by atoms with E-state index in [1.165, 1.54) is 6.07 Å². The van der Waals surface area contributed by atoms with Crippen LogP contribution in [0.15, 0.2) is 20.1 Å². The van der Waals surface area contributed by atoms with E-state index >= 15 is 0 Å². The molecule has 2 N–H and O–H groups in total. The van der Waals surface area contributed by atoms with Crippen molar-refractivity contribution in [2.24, 2.45) is 0 Å². The van der Waals surface area contributed by atoms with Gasteiger partial charge in [0.15, 0.2) is 0 Å². The smallest absolute Gasteiger partial charge is 0.250 e. The fourth-order valence-electron chi connectivity index (χ4n) is 1.48. The number of hydrogen-bond donors (Lipinski definition) is 2. The van der Waals surface area contributed by atoms with Gasteiger partial charge in [-0.3, -0.25) is 0 Å². The third kappa shape index (κ3) is 3.27. The molecule has 5 nitrogen and oxygen atoms in total. The maximum atomic E-state index is 11.9. The third-order valence-electron chi connectivity index (χ3n) is 2.49. The predicted octanol–water partition coefficient (Wildman–Crippen LogP) is 0.940. The molecule has 1 aromatic heterocycles. The first-order valence-corrected chi connectivity index (χ1v) is 8.06. The SMILES string of the molecule is O=S(=O)(NCC1(O)CCOC1)c1ccc(Br)s1. The molecule has 0 aliphatic carbocycles. The average Bonchev–Trinajstić information content (AvgIpc) is 2.86. The number of ether oxygens (including phenoxy) is 1. The van der Waals surface area contributed by atoms with Crippen LogP contribution in [-0.2, 0) is 14.8 Å².